The van der Waals surface area contributed by atoms with E-state index in [4.69, 9.17) is 17.0 Å². The lowest BCUT2D eigenvalue weighted by Gasteiger charge is -2.23. The Balaban J connectivity index is 1.83. The van der Waals surface area contributed by atoms with Gasteiger partial charge < -0.3 is 10.1 Å². The minimum absolute atomic E-state index is 0.237. The van der Waals surface area contributed by atoms with Crippen molar-refractivity contribution in [3.05, 3.63) is 35.9 Å². The quantitative estimate of drug-likeness (QED) is 0.662. The first-order valence-electron chi connectivity index (χ1n) is 7.61. The summed E-state index contributed by atoms with van der Waals surface area (Å²) >= 11 is 5.19. The molecular formula is C17H22N2O2S. The van der Waals surface area contributed by atoms with Crippen LogP contribution in [0.5, 0.6) is 5.75 Å². The number of ether oxygens (including phenoxy) is 1. The molecule has 1 fully saturated rings. The lowest BCUT2D eigenvalue weighted by Crippen LogP contribution is -2.44. The lowest BCUT2D eigenvalue weighted by atomic mass is 9.96. The smallest absolute Gasteiger partial charge is 0.250 e. The van der Waals surface area contributed by atoms with E-state index in [0.29, 0.717) is 11.2 Å². The number of benzene rings is 1. The van der Waals surface area contributed by atoms with Crippen molar-refractivity contribution < 1.29 is 9.53 Å². The molecule has 118 valence electrons. The molecule has 0 unspecified atom stereocenters. The van der Waals surface area contributed by atoms with Crippen molar-refractivity contribution in [2.75, 3.05) is 7.11 Å². The van der Waals surface area contributed by atoms with Crippen LogP contribution in [0.2, 0.25) is 0 Å². The maximum atomic E-state index is 11.9. The molecule has 1 saturated carbocycles. The molecule has 0 bridgehead atoms. The molecule has 1 aliphatic carbocycles. The molecule has 2 N–H and O–H groups in total. The molecule has 5 heteroatoms. The van der Waals surface area contributed by atoms with Gasteiger partial charge >= 0.3 is 0 Å². The van der Waals surface area contributed by atoms with E-state index in [1.54, 1.807) is 13.2 Å². The van der Waals surface area contributed by atoms with Crippen LogP contribution in [0.3, 0.4) is 0 Å². The maximum Gasteiger partial charge on any atom is 0.250 e. The summed E-state index contributed by atoms with van der Waals surface area (Å²) in [4.78, 5) is 11.9. The average Bonchev–Trinajstić information content (AvgIpc) is 2.54. The number of hydrogen-bond acceptors (Lipinski definition) is 3. The number of carbonyl (C=O) groups is 1. The number of methoxy groups -OCH3 is 1. The second-order valence-corrected chi connectivity index (χ2v) is 5.78. The second kappa shape index (κ2) is 8.54. The Morgan fingerprint density at radius 2 is 2.00 bits per heavy atom. The summed E-state index contributed by atoms with van der Waals surface area (Å²) in [5.74, 6) is 0.494. The number of carbonyl (C=O) groups excluding carboxylic acids is 1. The van der Waals surface area contributed by atoms with E-state index >= 15 is 0 Å². The highest BCUT2D eigenvalue weighted by atomic mass is 32.1. The van der Waals surface area contributed by atoms with Gasteiger partial charge in [-0.3, -0.25) is 10.1 Å². The zero-order chi connectivity index (χ0) is 15.8. The van der Waals surface area contributed by atoms with Crippen LogP contribution in [0.25, 0.3) is 6.08 Å². The van der Waals surface area contributed by atoms with Gasteiger partial charge in [-0.1, -0.05) is 37.5 Å². The highest BCUT2D eigenvalue weighted by Gasteiger charge is 2.14. The lowest BCUT2D eigenvalue weighted by molar-refractivity contribution is -0.115. The Kier molecular flexibility index (Phi) is 6.40. The fourth-order valence-corrected chi connectivity index (χ4v) is 2.86. The van der Waals surface area contributed by atoms with Gasteiger partial charge in [-0.15, -0.1) is 0 Å². The van der Waals surface area contributed by atoms with E-state index in [1.165, 1.54) is 25.3 Å². The van der Waals surface area contributed by atoms with Gasteiger partial charge in [0, 0.05) is 17.7 Å². The first-order chi connectivity index (χ1) is 10.7. The standard InChI is InChI=1S/C17H22N2O2S/c1-21-15-10-6-5-7-13(15)11-12-16(20)19-17(22)18-14-8-3-2-4-9-14/h5-7,10-12,14H,2-4,8-9H2,1H3,(H2,18,19,20,22)/b12-11+. The topological polar surface area (TPSA) is 50.4 Å². The van der Waals surface area contributed by atoms with Crippen LogP contribution in [-0.4, -0.2) is 24.2 Å². The van der Waals surface area contributed by atoms with Crippen molar-refractivity contribution in [3.63, 3.8) is 0 Å². The summed E-state index contributed by atoms with van der Waals surface area (Å²) in [6, 6.07) is 7.92. The minimum Gasteiger partial charge on any atom is -0.496 e. The summed E-state index contributed by atoms with van der Waals surface area (Å²) in [5, 5.41) is 6.30. The molecule has 1 aromatic carbocycles. The van der Waals surface area contributed by atoms with Gasteiger partial charge in [0.15, 0.2) is 5.11 Å². The van der Waals surface area contributed by atoms with E-state index in [1.807, 2.05) is 24.3 Å². The van der Waals surface area contributed by atoms with Crippen LogP contribution in [0, 0.1) is 0 Å². The molecular weight excluding hydrogens is 296 g/mol. The van der Waals surface area contributed by atoms with E-state index < -0.39 is 0 Å². The zero-order valence-electron chi connectivity index (χ0n) is 12.8. The Hall–Kier alpha value is -1.88. The van der Waals surface area contributed by atoms with Crippen molar-refractivity contribution in [1.82, 2.24) is 10.6 Å². The number of amides is 1. The van der Waals surface area contributed by atoms with Crippen LogP contribution in [0.15, 0.2) is 30.3 Å². The van der Waals surface area contributed by atoms with Crippen LogP contribution in [-0.2, 0) is 4.79 Å². The predicted molar refractivity (Wildman–Crippen MR) is 92.8 cm³/mol. The maximum absolute atomic E-state index is 11.9. The summed E-state index contributed by atoms with van der Waals surface area (Å²) in [6.45, 7) is 0. The van der Waals surface area contributed by atoms with Gasteiger partial charge in [-0.05, 0) is 37.2 Å². The number of thiocarbonyl (C=S) groups is 1. The van der Waals surface area contributed by atoms with Crippen LogP contribution >= 0.6 is 12.2 Å². The fourth-order valence-electron chi connectivity index (χ4n) is 2.59. The molecule has 1 aliphatic rings. The third-order valence-corrected chi connectivity index (χ3v) is 3.95. The van der Waals surface area contributed by atoms with Gasteiger partial charge in [-0.2, -0.15) is 0 Å². The Labute approximate surface area is 136 Å². The summed E-state index contributed by atoms with van der Waals surface area (Å²) < 4.78 is 5.24. The molecule has 0 heterocycles. The van der Waals surface area contributed by atoms with Crippen molar-refractivity contribution >= 4 is 29.3 Å². The van der Waals surface area contributed by atoms with Crippen molar-refractivity contribution in [2.24, 2.45) is 0 Å². The molecule has 1 aromatic rings. The molecule has 2 rings (SSSR count). The SMILES string of the molecule is COc1ccccc1/C=C/C(=O)NC(=S)NC1CCCCC1. The zero-order valence-corrected chi connectivity index (χ0v) is 13.6. The average molecular weight is 318 g/mol. The van der Waals surface area contributed by atoms with Crippen molar-refractivity contribution in [3.8, 4) is 5.75 Å². The van der Waals surface area contributed by atoms with Crippen molar-refractivity contribution in [1.29, 1.82) is 0 Å². The number of para-hydroxylation sites is 1. The van der Waals surface area contributed by atoms with E-state index in [9.17, 15) is 4.79 Å². The molecule has 0 aliphatic heterocycles. The molecule has 4 nitrogen and oxygen atoms in total. The highest BCUT2D eigenvalue weighted by Crippen LogP contribution is 2.18. The Morgan fingerprint density at radius 3 is 2.73 bits per heavy atom. The molecule has 0 radical (unpaired) electrons. The van der Waals surface area contributed by atoms with Gasteiger partial charge in [0.05, 0.1) is 7.11 Å². The highest BCUT2D eigenvalue weighted by molar-refractivity contribution is 7.80. The largest absolute Gasteiger partial charge is 0.496 e. The third-order valence-electron chi connectivity index (χ3n) is 3.73. The summed E-state index contributed by atoms with van der Waals surface area (Å²) in [6.07, 6.45) is 9.16. The predicted octanol–water partition coefficient (Wildman–Crippen LogP) is 3.03. The van der Waals surface area contributed by atoms with Crippen LogP contribution in [0.4, 0.5) is 0 Å². The van der Waals surface area contributed by atoms with Gasteiger partial charge in [0.2, 0.25) is 5.91 Å². The number of hydrogen-bond donors (Lipinski definition) is 2. The molecule has 1 amide bonds. The molecule has 0 spiro atoms. The molecule has 22 heavy (non-hydrogen) atoms. The first-order valence-corrected chi connectivity index (χ1v) is 8.02. The third kappa shape index (κ3) is 5.15. The van der Waals surface area contributed by atoms with E-state index in [0.717, 1.165) is 24.2 Å². The summed E-state index contributed by atoms with van der Waals surface area (Å²) in [5.41, 5.74) is 0.853. The molecule has 0 atom stereocenters. The van der Waals surface area contributed by atoms with Crippen molar-refractivity contribution in [2.45, 2.75) is 38.1 Å². The fraction of sp³-hybridized carbons (Fsp3) is 0.412. The second-order valence-electron chi connectivity index (χ2n) is 5.37. The number of rotatable bonds is 4. The first kappa shape index (κ1) is 16.5. The normalized spacial score (nSPS) is 15.5. The Bertz CT molecular complexity index is 551. The molecule has 0 aromatic heterocycles. The van der Waals surface area contributed by atoms with Crippen LogP contribution in [0.1, 0.15) is 37.7 Å². The minimum atomic E-state index is -0.237. The monoisotopic (exact) mass is 318 g/mol. The van der Waals surface area contributed by atoms with Gasteiger partial charge in [0.1, 0.15) is 5.75 Å². The number of nitrogens with one attached hydrogen (secondary N) is 2. The Morgan fingerprint density at radius 1 is 1.27 bits per heavy atom. The van der Waals surface area contributed by atoms with E-state index in [2.05, 4.69) is 10.6 Å². The van der Waals surface area contributed by atoms with E-state index in [-0.39, 0.29) is 5.91 Å². The molecule has 0 saturated heterocycles. The van der Waals surface area contributed by atoms with Gasteiger partial charge in [0.25, 0.3) is 0 Å². The van der Waals surface area contributed by atoms with Crippen LogP contribution < -0.4 is 15.4 Å². The van der Waals surface area contributed by atoms with Gasteiger partial charge in [-0.25, -0.2) is 0 Å². The summed E-state index contributed by atoms with van der Waals surface area (Å²) in [7, 11) is 1.61.